The fraction of sp³-hybridized carbons (Fsp3) is 0.812. The molecule has 0 aromatic carbocycles. The fourth-order valence-corrected chi connectivity index (χ4v) is 1.91. The van der Waals surface area contributed by atoms with Crippen molar-refractivity contribution in [2.24, 2.45) is 10.4 Å². The van der Waals surface area contributed by atoms with Crippen LogP contribution in [0, 0.1) is 5.41 Å². The van der Waals surface area contributed by atoms with Crippen LogP contribution in [0.3, 0.4) is 0 Å². The highest BCUT2D eigenvalue weighted by Crippen LogP contribution is 2.13. The number of likely N-dealkylation sites (N-methyl/N-ethyl adjacent to an activating group) is 1. The number of carbonyl (C=O) groups is 2. The van der Waals surface area contributed by atoms with Crippen molar-refractivity contribution in [2.45, 2.75) is 47.1 Å². The van der Waals surface area contributed by atoms with Gasteiger partial charge in [0.2, 0.25) is 11.8 Å². The van der Waals surface area contributed by atoms with E-state index in [1.165, 1.54) is 0 Å². The average molecular weight is 455 g/mol. The summed E-state index contributed by atoms with van der Waals surface area (Å²) in [5.41, 5.74) is -0.838. The largest absolute Gasteiger partial charge is 0.356 e. The van der Waals surface area contributed by atoms with Crippen LogP contribution in [-0.4, -0.2) is 61.9 Å². The third-order valence-electron chi connectivity index (χ3n) is 3.11. The van der Waals surface area contributed by atoms with E-state index in [-0.39, 0.29) is 47.9 Å². The van der Waals surface area contributed by atoms with E-state index < -0.39 is 5.41 Å². The number of aliphatic imine (C=N–C) groups is 1. The minimum Gasteiger partial charge on any atom is -0.356 e. The zero-order valence-corrected chi connectivity index (χ0v) is 18.6. The van der Waals surface area contributed by atoms with Crippen LogP contribution >= 0.6 is 24.0 Å². The predicted octanol–water partition coefficient (Wildman–Crippen LogP) is 1.19. The van der Waals surface area contributed by atoms with Crippen molar-refractivity contribution >= 4 is 41.8 Å². The summed E-state index contributed by atoms with van der Waals surface area (Å²) in [4.78, 5) is 29.9. The first-order valence-corrected chi connectivity index (χ1v) is 7.94. The molecule has 0 aliphatic rings. The number of carbonyl (C=O) groups excluding carboxylic acids is 2. The summed E-state index contributed by atoms with van der Waals surface area (Å²) in [6.07, 6.45) is 0. The smallest absolute Gasteiger partial charge is 0.240 e. The van der Waals surface area contributed by atoms with Crippen LogP contribution < -0.4 is 16.0 Å². The van der Waals surface area contributed by atoms with Crippen molar-refractivity contribution in [1.29, 1.82) is 0 Å². The summed E-state index contributed by atoms with van der Waals surface area (Å²) in [6.45, 7) is 12.7. The van der Waals surface area contributed by atoms with Gasteiger partial charge < -0.3 is 20.9 Å². The van der Waals surface area contributed by atoms with Gasteiger partial charge in [-0.3, -0.25) is 14.6 Å². The molecule has 0 rings (SSSR count). The molecule has 0 aliphatic heterocycles. The van der Waals surface area contributed by atoms with Crippen LogP contribution in [0.25, 0.3) is 0 Å². The lowest BCUT2D eigenvalue weighted by atomic mass is 9.92. The third-order valence-corrected chi connectivity index (χ3v) is 3.11. The lowest BCUT2D eigenvalue weighted by Gasteiger charge is -2.28. The van der Waals surface area contributed by atoms with E-state index in [0.29, 0.717) is 19.0 Å². The Labute approximate surface area is 163 Å². The number of rotatable bonds is 6. The standard InChI is InChI=1S/C16H33N5O2.HI/c1-9-18-13(23)16(5,6)11-19-14(17-7)21(8)10-12(22)20-15(2,3)4;/h9-11H2,1-8H3,(H,17,19)(H,18,23)(H,20,22);1H. The lowest BCUT2D eigenvalue weighted by molar-refractivity contribution is -0.129. The zero-order chi connectivity index (χ0) is 18.3. The van der Waals surface area contributed by atoms with Crippen molar-refractivity contribution in [2.75, 3.05) is 33.7 Å². The Hall–Kier alpha value is -1.06. The van der Waals surface area contributed by atoms with Crippen molar-refractivity contribution in [3.05, 3.63) is 0 Å². The molecule has 0 spiro atoms. The molecule has 7 nitrogen and oxygen atoms in total. The molecule has 0 bridgehead atoms. The molecule has 0 aromatic rings. The Kier molecular flexibility index (Phi) is 11.3. The maximum atomic E-state index is 12.0. The Bertz CT molecular complexity index is 444. The Morgan fingerprint density at radius 1 is 1.08 bits per heavy atom. The molecule has 24 heavy (non-hydrogen) atoms. The van der Waals surface area contributed by atoms with E-state index in [0.717, 1.165) is 0 Å². The molecule has 0 saturated carbocycles. The highest BCUT2D eigenvalue weighted by atomic mass is 127. The molecule has 0 radical (unpaired) electrons. The monoisotopic (exact) mass is 455 g/mol. The van der Waals surface area contributed by atoms with Crippen molar-refractivity contribution in [3.8, 4) is 0 Å². The molecule has 0 unspecified atom stereocenters. The zero-order valence-electron chi connectivity index (χ0n) is 16.2. The summed E-state index contributed by atoms with van der Waals surface area (Å²) in [7, 11) is 3.44. The van der Waals surface area contributed by atoms with Crippen molar-refractivity contribution in [1.82, 2.24) is 20.9 Å². The van der Waals surface area contributed by atoms with Crippen LogP contribution in [0.15, 0.2) is 4.99 Å². The molecule has 3 N–H and O–H groups in total. The molecular formula is C16H34IN5O2. The quantitative estimate of drug-likeness (QED) is 0.319. The van der Waals surface area contributed by atoms with E-state index in [1.807, 2.05) is 41.5 Å². The fourth-order valence-electron chi connectivity index (χ4n) is 1.91. The van der Waals surface area contributed by atoms with Gasteiger partial charge >= 0.3 is 0 Å². The molecule has 0 heterocycles. The van der Waals surface area contributed by atoms with Gasteiger partial charge in [-0.1, -0.05) is 0 Å². The van der Waals surface area contributed by atoms with E-state index in [2.05, 4.69) is 20.9 Å². The van der Waals surface area contributed by atoms with Gasteiger partial charge in [-0.2, -0.15) is 0 Å². The molecule has 142 valence electrons. The molecule has 0 saturated heterocycles. The maximum absolute atomic E-state index is 12.0. The van der Waals surface area contributed by atoms with Crippen LogP contribution in [0.5, 0.6) is 0 Å². The Balaban J connectivity index is 0. The van der Waals surface area contributed by atoms with E-state index in [4.69, 9.17) is 0 Å². The average Bonchev–Trinajstić information content (AvgIpc) is 2.36. The van der Waals surface area contributed by atoms with Crippen molar-refractivity contribution in [3.63, 3.8) is 0 Å². The summed E-state index contributed by atoms with van der Waals surface area (Å²) in [6, 6.07) is 0. The van der Waals surface area contributed by atoms with Gasteiger partial charge in [0, 0.05) is 32.7 Å². The van der Waals surface area contributed by atoms with E-state index in [9.17, 15) is 9.59 Å². The van der Waals surface area contributed by atoms with Gasteiger partial charge in [-0.15, -0.1) is 24.0 Å². The molecule has 0 aliphatic carbocycles. The van der Waals surface area contributed by atoms with Gasteiger partial charge in [0.25, 0.3) is 0 Å². The Morgan fingerprint density at radius 3 is 2.04 bits per heavy atom. The summed E-state index contributed by atoms with van der Waals surface area (Å²) >= 11 is 0. The number of hydrogen-bond acceptors (Lipinski definition) is 3. The van der Waals surface area contributed by atoms with Gasteiger partial charge in [-0.05, 0) is 41.5 Å². The lowest BCUT2D eigenvalue weighted by Crippen LogP contribution is -2.51. The number of nitrogens with zero attached hydrogens (tertiary/aromatic N) is 2. The van der Waals surface area contributed by atoms with Gasteiger partial charge in [0.1, 0.15) is 0 Å². The molecule has 0 aromatic heterocycles. The number of hydrogen-bond donors (Lipinski definition) is 3. The maximum Gasteiger partial charge on any atom is 0.240 e. The highest BCUT2D eigenvalue weighted by Gasteiger charge is 2.27. The molecule has 0 fully saturated rings. The first kappa shape index (κ1) is 25.2. The first-order valence-electron chi connectivity index (χ1n) is 7.94. The molecule has 8 heteroatoms. The number of halogens is 1. The molecule has 2 amide bonds. The third kappa shape index (κ3) is 9.94. The van der Waals surface area contributed by atoms with Gasteiger partial charge in [0.15, 0.2) is 5.96 Å². The van der Waals surface area contributed by atoms with Crippen LogP contribution in [-0.2, 0) is 9.59 Å². The van der Waals surface area contributed by atoms with Gasteiger partial charge in [0.05, 0.1) is 12.0 Å². The summed E-state index contributed by atoms with van der Waals surface area (Å²) in [5, 5.41) is 8.88. The second-order valence-corrected chi connectivity index (χ2v) is 7.30. The van der Waals surface area contributed by atoms with Crippen LogP contribution in [0.2, 0.25) is 0 Å². The van der Waals surface area contributed by atoms with Crippen molar-refractivity contribution < 1.29 is 9.59 Å². The SMILES string of the molecule is CCNC(=O)C(C)(C)CNC(=NC)N(C)CC(=O)NC(C)(C)C.I. The molecule has 0 atom stereocenters. The summed E-state index contributed by atoms with van der Waals surface area (Å²) < 4.78 is 0. The normalized spacial score (nSPS) is 12.1. The predicted molar refractivity (Wildman–Crippen MR) is 110 cm³/mol. The topological polar surface area (TPSA) is 85.8 Å². The minimum absolute atomic E-state index is 0. The van der Waals surface area contributed by atoms with E-state index >= 15 is 0 Å². The second-order valence-electron chi connectivity index (χ2n) is 7.30. The highest BCUT2D eigenvalue weighted by molar-refractivity contribution is 14.0. The number of guanidine groups is 1. The number of nitrogens with one attached hydrogen (secondary N) is 3. The van der Waals surface area contributed by atoms with Crippen LogP contribution in [0.4, 0.5) is 0 Å². The second kappa shape index (κ2) is 10.7. The summed E-state index contributed by atoms with van der Waals surface area (Å²) in [5.74, 6) is 0.480. The number of amides is 2. The Morgan fingerprint density at radius 2 is 1.62 bits per heavy atom. The van der Waals surface area contributed by atoms with Crippen LogP contribution in [0.1, 0.15) is 41.5 Å². The first-order chi connectivity index (χ1) is 10.4. The van der Waals surface area contributed by atoms with E-state index in [1.54, 1.807) is 19.0 Å². The molecular weight excluding hydrogens is 421 g/mol. The minimum atomic E-state index is -0.569. The van der Waals surface area contributed by atoms with Gasteiger partial charge in [-0.25, -0.2) is 0 Å².